The van der Waals surface area contributed by atoms with Gasteiger partial charge in [0.05, 0.1) is 18.2 Å². The fraction of sp³-hybridized carbons (Fsp3) is 0.417. The Hall–Kier alpha value is -0.770. The van der Waals surface area contributed by atoms with Gasteiger partial charge in [-0.2, -0.15) is 4.31 Å². The number of nitrogens with zero attached hydrogens (tertiary/aromatic N) is 1. The summed E-state index contributed by atoms with van der Waals surface area (Å²) in [6.07, 6.45) is 0. The Morgan fingerprint density at radius 2 is 2.14 bits per heavy atom. The summed E-state index contributed by atoms with van der Waals surface area (Å²) in [7, 11) is -2.37. The fourth-order valence-electron chi connectivity index (χ4n) is 1.66. The van der Waals surface area contributed by atoms with Crippen molar-refractivity contribution in [1.82, 2.24) is 4.31 Å². The molecule has 3 N–H and O–H groups in total. The summed E-state index contributed by atoms with van der Waals surface area (Å²) in [5.74, 6) is 0. The molecule has 0 aromatic heterocycles. The molecule has 0 bridgehead atoms. The molecule has 0 aliphatic heterocycles. The van der Waals surface area contributed by atoms with E-state index in [2.05, 4.69) is 0 Å². The molecule has 0 unspecified atom stereocenters. The van der Waals surface area contributed by atoms with E-state index in [1.807, 2.05) is 0 Å². The summed E-state index contributed by atoms with van der Waals surface area (Å²) in [5.41, 5.74) is 5.96. The van der Waals surface area contributed by atoms with Gasteiger partial charge in [-0.25, -0.2) is 8.42 Å². The van der Waals surface area contributed by atoms with Crippen molar-refractivity contribution in [3.05, 3.63) is 28.8 Å². The topological polar surface area (TPSA) is 92.9 Å². The van der Waals surface area contributed by atoms with E-state index in [1.54, 1.807) is 0 Å². The maximum absolute atomic E-state index is 12.5. The van der Waals surface area contributed by atoms with E-state index in [9.17, 15) is 8.42 Å². The Labute approximate surface area is 134 Å². The predicted octanol–water partition coefficient (Wildman–Crippen LogP) is 0.604. The molecule has 0 spiro atoms. The molecule has 1 aromatic rings. The van der Waals surface area contributed by atoms with Crippen molar-refractivity contribution in [2.75, 3.05) is 33.4 Å². The van der Waals surface area contributed by atoms with Crippen molar-refractivity contribution < 1.29 is 18.3 Å². The van der Waals surface area contributed by atoms with E-state index in [1.165, 1.54) is 25.3 Å². The number of benzene rings is 1. The average molecular weight is 353 g/mol. The van der Waals surface area contributed by atoms with Gasteiger partial charge in [0.15, 0.2) is 0 Å². The first-order valence-electron chi connectivity index (χ1n) is 6.04. The lowest BCUT2D eigenvalue weighted by Gasteiger charge is -2.21. The van der Waals surface area contributed by atoms with Crippen molar-refractivity contribution in [2.24, 2.45) is 5.73 Å². The fourth-order valence-corrected chi connectivity index (χ4v) is 3.72. The van der Waals surface area contributed by atoms with Gasteiger partial charge < -0.3 is 15.6 Å². The maximum Gasteiger partial charge on any atom is 0.244 e. The molecular weight excluding hydrogens is 336 g/mol. The van der Waals surface area contributed by atoms with Crippen LogP contribution < -0.4 is 5.73 Å². The normalized spacial score (nSPS) is 11.8. The molecule has 6 nitrogen and oxygen atoms in total. The van der Waals surface area contributed by atoms with Gasteiger partial charge in [0.25, 0.3) is 0 Å². The van der Waals surface area contributed by atoms with Gasteiger partial charge >= 0.3 is 0 Å². The monoisotopic (exact) mass is 352 g/mol. The Morgan fingerprint density at radius 3 is 2.62 bits per heavy atom. The zero-order valence-corrected chi connectivity index (χ0v) is 13.8. The zero-order valence-electron chi connectivity index (χ0n) is 11.5. The number of thiocarbonyl (C=S) groups is 1. The highest BCUT2D eigenvalue weighted by Crippen LogP contribution is 2.25. The first-order valence-corrected chi connectivity index (χ1v) is 8.26. The lowest BCUT2D eigenvalue weighted by Crippen LogP contribution is -2.36. The Morgan fingerprint density at radius 1 is 1.48 bits per heavy atom. The second-order valence-electron chi connectivity index (χ2n) is 4.13. The lowest BCUT2D eigenvalue weighted by atomic mass is 10.2. The molecule has 0 fully saturated rings. The van der Waals surface area contributed by atoms with Crippen molar-refractivity contribution >= 4 is 38.8 Å². The molecule has 0 amide bonds. The number of halogens is 1. The summed E-state index contributed by atoms with van der Waals surface area (Å²) in [6.45, 7) is -0.0147. The molecule has 0 aliphatic carbocycles. The summed E-state index contributed by atoms with van der Waals surface area (Å²) in [6, 6.07) is 4.25. The number of ether oxygens (including phenoxy) is 1. The van der Waals surface area contributed by atoms with Gasteiger partial charge in [-0.15, -0.1) is 0 Å². The van der Waals surface area contributed by atoms with Crippen LogP contribution >= 0.6 is 23.8 Å². The van der Waals surface area contributed by atoms with E-state index >= 15 is 0 Å². The summed E-state index contributed by atoms with van der Waals surface area (Å²) < 4.78 is 31.1. The van der Waals surface area contributed by atoms with Crippen LogP contribution in [-0.2, 0) is 14.8 Å². The number of rotatable bonds is 8. The van der Waals surface area contributed by atoms with Crippen LogP contribution in [0.5, 0.6) is 0 Å². The summed E-state index contributed by atoms with van der Waals surface area (Å²) >= 11 is 10.8. The molecule has 0 saturated carbocycles. The molecule has 0 saturated heterocycles. The van der Waals surface area contributed by atoms with E-state index in [-0.39, 0.29) is 41.2 Å². The van der Waals surface area contributed by atoms with E-state index in [4.69, 9.17) is 39.4 Å². The Balaban J connectivity index is 3.18. The Kier molecular flexibility index (Phi) is 6.98. The van der Waals surface area contributed by atoms with Crippen LogP contribution in [0.15, 0.2) is 23.1 Å². The molecule has 1 aromatic carbocycles. The minimum atomic E-state index is -3.83. The number of aliphatic hydroxyl groups excluding tert-OH is 1. The second-order valence-corrected chi connectivity index (χ2v) is 6.88. The van der Waals surface area contributed by atoms with Crippen LogP contribution in [0.3, 0.4) is 0 Å². The molecule has 0 heterocycles. The van der Waals surface area contributed by atoms with Gasteiger partial charge in [0.2, 0.25) is 10.0 Å². The highest BCUT2D eigenvalue weighted by atomic mass is 35.5. The van der Waals surface area contributed by atoms with Crippen molar-refractivity contribution in [1.29, 1.82) is 0 Å². The summed E-state index contributed by atoms with van der Waals surface area (Å²) in [4.78, 5) is 0.0705. The van der Waals surface area contributed by atoms with Crippen LogP contribution in [0.2, 0.25) is 5.02 Å². The molecule has 9 heteroatoms. The number of nitrogens with two attached hydrogens (primary N) is 1. The first kappa shape index (κ1) is 18.3. The van der Waals surface area contributed by atoms with Gasteiger partial charge in [-0.1, -0.05) is 29.9 Å². The molecule has 0 radical (unpaired) electrons. The van der Waals surface area contributed by atoms with Gasteiger partial charge in [-0.05, 0) is 12.1 Å². The van der Waals surface area contributed by atoms with Crippen LogP contribution in [-0.4, -0.2) is 56.2 Å². The third kappa shape index (κ3) is 4.60. The number of methoxy groups -OCH3 is 1. The number of hydrogen-bond donors (Lipinski definition) is 2. The van der Waals surface area contributed by atoms with Crippen molar-refractivity contribution in [3.8, 4) is 0 Å². The zero-order chi connectivity index (χ0) is 16.0. The largest absolute Gasteiger partial charge is 0.395 e. The van der Waals surface area contributed by atoms with Crippen molar-refractivity contribution in [2.45, 2.75) is 4.90 Å². The second kappa shape index (κ2) is 8.02. The molecule has 0 atom stereocenters. The van der Waals surface area contributed by atoms with E-state index < -0.39 is 10.0 Å². The van der Waals surface area contributed by atoms with Crippen LogP contribution in [0.1, 0.15) is 5.56 Å². The highest BCUT2D eigenvalue weighted by Gasteiger charge is 2.26. The summed E-state index contributed by atoms with van der Waals surface area (Å²) in [5, 5.41) is 9.05. The van der Waals surface area contributed by atoms with Crippen LogP contribution in [0.4, 0.5) is 0 Å². The van der Waals surface area contributed by atoms with Gasteiger partial charge in [0.1, 0.15) is 9.88 Å². The first-order chi connectivity index (χ1) is 9.84. The predicted molar refractivity (Wildman–Crippen MR) is 85.1 cm³/mol. The van der Waals surface area contributed by atoms with Crippen LogP contribution in [0.25, 0.3) is 0 Å². The van der Waals surface area contributed by atoms with Gasteiger partial charge in [-0.3, -0.25) is 0 Å². The molecule has 0 aliphatic rings. The van der Waals surface area contributed by atoms with Crippen LogP contribution in [0, 0.1) is 0 Å². The smallest absolute Gasteiger partial charge is 0.244 e. The van der Waals surface area contributed by atoms with Gasteiger partial charge in [0, 0.05) is 25.8 Å². The SMILES string of the molecule is COCCN(CCO)S(=O)(=O)c1ccc(C(N)=S)cc1Cl. The molecule has 21 heavy (non-hydrogen) atoms. The Bertz CT molecular complexity index is 607. The molecular formula is C12H17ClN2O4S2. The molecule has 118 valence electrons. The van der Waals surface area contributed by atoms with E-state index in [0.29, 0.717) is 5.56 Å². The highest BCUT2D eigenvalue weighted by molar-refractivity contribution is 7.89. The standard InChI is InChI=1S/C12H17ClN2O4S2/c1-19-7-5-15(4-6-16)21(17,18)11-3-2-9(12(14)20)8-10(11)13/h2-3,8,16H,4-7H2,1H3,(H2,14,20). The number of aliphatic hydroxyl groups is 1. The third-order valence-corrected chi connectivity index (χ3v) is 5.35. The minimum absolute atomic E-state index is 0.0284. The molecule has 1 rings (SSSR count). The van der Waals surface area contributed by atoms with E-state index in [0.717, 1.165) is 4.31 Å². The van der Waals surface area contributed by atoms with Crippen molar-refractivity contribution in [3.63, 3.8) is 0 Å². The third-order valence-electron chi connectivity index (χ3n) is 2.73. The maximum atomic E-state index is 12.5. The minimum Gasteiger partial charge on any atom is -0.395 e. The lowest BCUT2D eigenvalue weighted by molar-refractivity contribution is 0.168. The quantitative estimate of drug-likeness (QED) is 0.666. The number of sulfonamides is 1. The average Bonchev–Trinajstić information content (AvgIpc) is 2.42. The number of hydrogen-bond acceptors (Lipinski definition) is 5.